The van der Waals surface area contributed by atoms with Crippen LogP contribution in [0.3, 0.4) is 0 Å². The number of benzene rings is 1. The van der Waals surface area contributed by atoms with E-state index in [0.29, 0.717) is 4.83 Å². The molecule has 1 fully saturated rings. The average Bonchev–Trinajstić information content (AvgIpc) is 2.74. The van der Waals surface area contributed by atoms with E-state index in [-0.39, 0.29) is 5.41 Å². The number of rotatable bonds is 2. The molecule has 0 radical (unpaired) electrons. The lowest BCUT2D eigenvalue weighted by molar-refractivity contribution is 0.291. The number of halogens is 1. The fourth-order valence-electron chi connectivity index (χ4n) is 3.41. The predicted molar refractivity (Wildman–Crippen MR) is 83.2 cm³/mol. The molecule has 19 heavy (non-hydrogen) atoms. The minimum Gasteiger partial charge on any atom is -0.492 e. The van der Waals surface area contributed by atoms with Crippen LogP contribution in [0.5, 0.6) is 5.75 Å². The third-order valence-electron chi connectivity index (χ3n) is 4.70. The highest BCUT2D eigenvalue weighted by Crippen LogP contribution is 2.44. The van der Waals surface area contributed by atoms with Gasteiger partial charge in [-0.1, -0.05) is 61.2 Å². The van der Waals surface area contributed by atoms with E-state index >= 15 is 0 Å². The van der Waals surface area contributed by atoms with Crippen molar-refractivity contribution in [2.75, 3.05) is 6.61 Å². The van der Waals surface area contributed by atoms with Crippen LogP contribution in [0.15, 0.2) is 18.2 Å². The highest BCUT2D eigenvalue weighted by molar-refractivity contribution is 9.09. The van der Waals surface area contributed by atoms with Crippen LogP contribution < -0.4 is 4.74 Å². The van der Waals surface area contributed by atoms with Crippen molar-refractivity contribution in [1.82, 2.24) is 0 Å². The zero-order valence-corrected chi connectivity index (χ0v) is 13.5. The Kier molecular flexibility index (Phi) is 3.63. The summed E-state index contributed by atoms with van der Waals surface area (Å²) < 4.78 is 5.78. The van der Waals surface area contributed by atoms with Crippen molar-refractivity contribution < 1.29 is 4.74 Å². The zero-order chi connectivity index (χ0) is 13.5. The fourth-order valence-corrected chi connectivity index (χ4v) is 4.22. The second-order valence-corrected chi connectivity index (χ2v) is 7.71. The molecule has 0 bridgehead atoms. The first kappa shape index (κ1) is 13.5. The van der Waals surface area contributed by atoms with Crippen molar-refractivity contribution in [3.8, 4) is 5.75 Å². The molecular weight excluding hydrogens is 300 g/mol. The summed E-state index contributed by atoms with van der Waals surface area (Å²) in [5.74, 6) is 1.88. The topological polar surface area (TPSA) is 9.23 Å². The van der Waals surface area contributed by atoms with Crippen LogP contribution >= 0.6 is 15.9 Å². The van der Waals surface area contributed by atoms with Crippen molar-refractivity contribution in [3.05, 3.63) is 29.3 Å². The Balaban J connectivity index is 1.85. The first-order chi connectivity index (χ1) is 9.08. The van der Waals surface area contributed by atoms with Gasteiger partial charge in [-0.2, -0.15) is 0 Å². The van der Waals surface area contributed by atoms with E-state index < -0.39 is 0 Å². The molecule has 0 aromatic heterocycles. The highest BCUT2D eigenvalue weighted by Gasteiger charge is 2.33. The van der Waals surface area contributed by atoms with E-state index in [0.717, 1.165) is 18.3 Å². The van der Waals surface area contributed by atoms with Crippen LogP contribution in [-0.2, 0) is 5.41 Å². The fraction of sp³-hybridized carbons (Fsp3) is 0.647. The lowest BCUT2D eigenvalue weighted by Crippen LogP contribution is -2.18. The molecule has 1 aromatic rings. The Morgan fingerprint density at radius 2 is 1.95 bits per heavy atom. The van der Waals surface area contributed by atoms with Gasteiger partial charge in [0, 0.05) is 15.8 Å². The molecule has 0 amide bonds. The number of hydrogen-bond acceptors (Lipinski definition) is 1. The maximum atomic E-state index is 5.78. The summed E-state index contributed by atoms with van der Waals surface area (Å²) >= 11 is 3.95. The first-order valence-electron chi connectivity index (χ1n) is 7.49. The third kappa shape index (κ3) is 2.56. The smallest absolute Gasteiger partial charge is 0.123 e. The molecule has 1 heterocycles. The lowest BCUT2D eigenvalue weighted by atomic mass is 9.82. The number of alkyl halides is 1. The molecule has 0 spiro atoms. The van der Waals surface area contributed by atoms with Crippen molar-refractivity contribution in [2.45, 2.75) is 56.2 Å². The lowest BCUT2D eigenvalue weighted by Gasteiger charge is -2.27. The van der Waals surface area contributed by atoms with E-state index in [1.54, 1.807) is 0 Å². The molecule has 1 aliphatic heterocycles. The van der Waals surface area contributed by atoms with Crippen LogP contribution in [0, 0.1) is 5.92 Å². The van der Waals surface area contributed by atoms with Crippen molar-refractivity contribution in [3.63, 3.8) is 0 Å². The minimum atomic E-state index is 0.157. The molecule has 104 valence electrons. The SMILES string of the molecule is CC1(C)COc2ccc(C(Br)C3CCCCC3)cc21. The highest BCUT2D eigenvalue weighted by atomic mass is 79.9. The third-order valence-corrected chi connectivity index (χ3v) is 5.98. The van der Waals surface area contributed by atoms with Gasteiger partial charge in [-0.05, 0) is 30.4 Å². The summed E-state index contributed by atoms with van der Waals surface area (Å²) in [5, 5.41) is 0. The molecular formula is C17H23BrO. The monoisotopic (exact) mass is 322 g/mol. The van der Waals surface area contributed by atoms with Gasteiger partial charge < -0.3 is 4.74 Å². The van der Waals surface area contributed by atoms with E-state index in [1.807, 2.05) is 0 Å². The Hall–Kier alpha value is -0.500. The Bertz CT molecular complexity index is 460. The van der Waals surface area contributed by atoms with E-state index in [9.17, 15) is 0 Å². The van der Waals surface area contributed by atoms with Gasteiger partial charge in [0.25, 0.3) is 0 Å². The summed E-state index contributed by atoms with van der Waals surface area (Å²) in [4.78, 5) is 0.509. The van der Waals surface area contributed by atoms with Crippen LogP contribution in [0.1, 0.15) is 61.9 Å². The van der Waals surface area contributed by atoms with Gasteiger partial charge in [0.05, 0.1) is 6.61 Å². The molecule has 3 rings (SSSR count). The van der Waals surface area contributed by atoms with Crippen molar-refractivity contribution >= 4 is 15.9 Å². The van der Waals surface area contributed by atoms with Crippen LogP contribution in [0.2, 0.25) is 0 Å². The van der Waals surface area contributed by atoms with Crippen LogP contribution in [0.4, 0.5) is 0 Å². The largest absolute Gasteiger partial charge is 0.492 e. The molecule has 1 unspecified atom stereocenters. The molecule has 2 heteroatoms. The average molecular weight is 323 g/mol. The first-order valence-corrected chi connectivity index (χ1v) is 8.41. The van der Waals surface area contributed by atoms with Gasteiger partial charge >= 0.3 is 0 Å². The molecule has 0 saturated heterocycles. The van der Waals surface area contributed by atoms with Gasteiger partial charge in [0.1, 0.15) is 5.75 Å². The van der Waals surface area contributed by atoms with Crippen LogP contribution in [0.25, 0.3) is 0 Å². The maximum Gasteiger partial charge on any atom is 0.123 e. The predicted octanol–water partition coefficient (Wildman–Crippen LogP) is 5.37. The number of fused-ring (bicyclic) bond motifs is 1. The van der Waals surface area contributed by atoms with Crippen molar-refractivity contribution in [2.24, 2.45) is 5.92 Å². The molecule has 1 aliphatic carbocycles. The number of ether oxygens (including phenoxy) is 1. The summed E-state index contributed by atoms with van der Waals surface area (Å²) in [6.07, 6.45) is 6.94. The van der Waals surface area contributed by atoms with E-state index in [2.05, 4.69) is 48.0 Å². The summed E-state index contributed by atoms with van der Waals surface area (Å²) in [6.45, 7) is 5.35. The van der Waals surface area contributed by atoms with E-state index in [4.69, 9.17) is 4.74 Å². The molecule has 2 aliphatic rings. The number of hydrogen-bond donors (Lipinski definition) is 0. The van der Waals surface area contributed by atoms with Crippen molar-refractivity contribution in [1.29, 1.82) is 0 Å². The molecule has 0 N–H and O–H groups in total. The van der Waals surface area contributed by atoms with Gasteiger partial charge in [0.2, 0.25) is 0 Å². The Morgan fingerprint density at radius 1 is 1.21 bits per heavy atom. The van der Waals surface area contributed by atoms with Gasteiger partial charge in [-0.3, -0.25) is 0 Å². The molecule has 1 nitrogen and oxygen atoms in total. The van der Waals surface area contributed by atoms with E-state index in [1.165, 1.54) is 43.2 Å². The second-order valence-electron chi connectivity index (χ2n) is 6.73. The normalized spacial score (nSPS) is 23.7. The van der Waals surface area contributed by atoms with Gasteiger partial charge in [0.15, 0.2) is 0 Å². The quantitative estimate of drug-likeness (QED) is 0.665. The second kappa shape index (κ2) is 5.12. The molecule has 1 atom stereocenters. The summed E-state index contributed by atoms with van der Waals surface area (Å²) in [5.41, 5.74) is 2.97. The molecule has 1 saturated carbocycles. The Morgan fingerprint density at radius 3 is 2.68 bits per heavy atom. The zero-order valence-electron chi connectivity index (χ0n) is 11.9. The summed E-state index contributed by atoms with van der Waals surface area (Å²) in [6, 6.07) is 6.78. The standard InChI is InChI=1S/C17H23BrO/c1-17(2)11-19-15-9-8-13(10-14(15)17)16(18)12-6-4-3-5-7-12/h8-10,12,16H,3-7,11H2,1-2H3. The van der Waals surface area contributed by atoms with Gasteiger partial charge in [-0.15, -0.1) is 0 Å². The summed E-state index contributed by atoms with van der Waals surface area (Å²) in [7, 11) is 0. The minimum absolute atomic E-state index is 0.157. The van der Waals surface area contributed by atoms with Gasteiger partial charge in [-0.25, -0.2) is 0 Å². The molecule has 1 aromatic carbocycles. The van der Waals surface area contributed by atoms with Crippen LogP contribution in [-0.4, -0.2) is 6.61 Å². The Labute approximate surface area is 124 Å². The maximum absolute atomic E-state index is 5.78.